The van der Waals surface area contributed by atoms with Gasteiger partial charge in [-0.15, -0.1) is 0 Å². The summed E-state index contributed by atoms with van der Waals surface area (Å²) in [5.74, 6) is 0.933. The highest BCUT2D eigenvalue weighted by atomic mass is 79.9. The van der Waals surface area contributed by atoms with Gasteiger partial charge in [0.05, 0.1) is 11.4 Å². The van der Waals surface area contributed by atoms with E-state index in [-0.39, 0.29) is 17.7 Å². The number of thioether (sulfide) groups is 1. The Kier molecular flexibility index (Phi) is 4.82. The molecule has 1 fully saturated rings. The summed E-state index contributed by atoms with van der Waals surface area (Å²) in [6.45, 7) is 0.241. The minimum absolute atomic E-state index is 0.241. The Hall–Kier alpha value is -1.99. The quantitative estimate of drug-likeness (QED) is 0.706. The van der Waals surface area contributed by atoms with Gasteiger partial charge in [-0.05, 0) is 29.5 Å². The summed E-state index contributed by atoms with van der Waals surface area (Å²) in [5.41, 5.74) is 0.883. The number of rotatable bonds is 4. The van der Waals surface area contributed by atoms with E-state index in [0.717, 1.165) is 21.8 Å². The summed E-state index contributed by atoms with van der Waals surface area (Å²) in [4.78, 5) is 28.2. The van der Waals surface area contributed by atoms with Crippen molar-refractivity contribution in [2.45, 2.75) is 6.54 Å². The van der Waals surface area contributed by atoms with Crippen LogP contribution in [-0.2, 0) is 11.3 Å². The third-order valence-corrected chi connectivity index (χ3v) is 5.17. The van der Waals surface area contributed by atoms with E-state index in [1.165, 1.54) is 4.90 Å². The Bertz CT molecular complexity index is 829. The number of carbonyl (C=O) groups is 2. The zero-order valence-electron chi connectivity index (χ0n) is 13.2. The summed E-state index contributed by atoms with van der Waals surface area (Å²) >= 11 is 4.37. The van der Waals surface area contributed by atoms with Crippen molar-refractivity contribution in [3.63, 3.8) is 0 Å². The lowest BCUT2D eigenvalue weighted by molar-refractivity contribution is -0.123. The molecule has 2 amide bonds. The molecular weight excluding hydrogens is 392 g/mol. The van der Waals surface area contributed by atoms with Crippen LogP contribution < -0.4 is 4.90 Å². The summed E-state index contributed by atoms with van der Waals surface area (Å²) in [6.07, 6.45) is 1.61. The summed E-state index contributed by atoms with van der Waals surface area (Å²) in [5, 5.41) is -0.276. The van der Waals surface area contributed by atoms with Gasteiger partial charge < -0.3 is 9.32 Å². The average Bonchev–Trinajstić information content (AvgIpc) is 3.10. The zero-order valence-corrected chi connectivity index (χ0v) is 15.6. The van der Waals surface area contributed by atoms with E-state index >= 15 is 0 Å². The van der Waals surface area contributed by atoms with Crippen molar-refractivity contribution in [3.8, 4) is 0 Å². The van der Waals surface area contributed by atoms with E-state index in [2.05, 4.69) is 15.9 Å². The number of nitrogens with zero attached hydrogens (tertiary/aromatic N) is 2. The molecule has 5 nitrogen and oxygen atoms in total. The SMILES string of the molecule is CN(C)c1ccc(/C=C2\SC(=O)N(Cc3ccccc3Br)C2=O)o1. The number of furan rings is 1. The number of hydrogen-bond acceptors (Lipinski definition) is 5. The summed E-state index contributed by atoms with van der Waals surface area (Å²) in [6, 6.07) is 11.1. The van der Waals surface area contributed by atoms with Crippen LogP contribution in [0, 0.1) is 0 Å². The van der Waals surface area contributed by atoms with Crippen LogP contribution in [0.25, 0.3) is 6.08 Å². The highest BCUT2D eigenvalue weighted by Crippen LogP contribution is 2.34. The van der Waals surface area contributed by atoms with Crippen LogP contribution in [0.4, 0.5) is 10.7 Å². The van der Waals surface area contributed by atoms with Crippen LogP contribution in [0.1, 0.15) is 11.3 Å². The van der Waals surface area contributed by atoms with Gasteiger partial charge in [0, 0.05) is 30.7 Å². The molecule has 0 N–H and O–H groups in total. The van der Waals surface area contributed by atoms with E-state index in [9.17, 15) is 9.59 Å². The molecule has 0 bridgehead atoms. The first kappa shape index (κ1) is 16.9. The molecule has 124 valence electrons. The number of amides is 2. The maximum atomic E-state index is 12.5. The fourth-order valence-corrected chi connectivity index (χ4v) is 3.45. The second-order valence-electron chi connectivity index (χ2n) is 5.43. The van der Waals surface area contributed by atoms with Crippen molar-refractivity contribution < 1.29 is 14.0 Å². The number of benzene rings is 1. The van der Waals surface area contributed by atoms with Gasteiger partial charge in [-0.1, -0.05) is 34.1 Å². The molecule has 7 heteroatoms. The molecule has 0 radical (unpaired) electrons. The van der Waals surface area contributed by atoms with Crippen molar-refractivity contribution in [2.75, 3.05) is 19.0 Å². The van der Waals surface area contributed by atoms with Gasteiger partial charge in [0.25, 0.3) is 11.1 Å². The normalized spacial score (nSPS) is 16.3. The van der Waals surface area contributed by atoms with Crippen LogP contribution >= 0.6 is 27.7 Å². The van der Waals surface area contributed by atoms with E-state index < -0.39 is 0 Å². The molecular formula is C17H15BrN2O3S. The molecule has 1 saturated heterocycles. The van der Waals surface area contributed by atoms with Crippen molar-refractivity contribution in [2.24, 2.45) is 0 Å². The molecule has 0 saturated carbocycles. The van der Waals surface area contributed by atoms with Gasteiger partial charge >= 0.3 is 0 Å². The van der Waals surface area contributed by atoms with Crippen LogP contribution in [0.5, 0.6) is 0 Å². The third-order valence-electron chi connectivity index (χ3n) is 3.49. The molecule has 0 spiro atoms. The molecule has 1 aliphatic rings. The first-order valence-corrected chi connectivity index (χ1v) is 8.82. The molecule has 0 unspecified atom stereocenters. The molecule has 1 aromatic carbocycles. The van der Waals surface area contributed by atoms with Crippen LogP contribution in [0.3, 0.4) is 0 Å². The average molecular weight is 407 g/mol. The van der Waals surface area contributed by atoms with E-state index in [0.29, 0.717) is 16.5 Å². The Morgan fingerprint density at radius 2 is 1.96 bits per heavy atom. The molecule has 3 rings (SSSR count). The molecule has 0 atom stereocenters. The lowest BCUT2D eigenvalue weighted by atomic mass is 10.2. The fourth-order valence-electron chi connectivity index (χ4n) is 2.22. The largest absolute Gasteiger partial charge is 0.441 e. The standard InChI is InChI=1S/C17H15BrN2O3S/c1-19(2)15-8-7-12(23-15)9-14-16(21)20(17(22)24-14)10-11-5-3-4-6-13(11)18/h3-9H,10H2,1-2H3/b14-9-. The minimum Gasteiger partial charge on any atom is -0.441 e. The fraction of sp³-hybridized carbons (Fsp3) is 0.176. The predicted octanol–water partition coefficient (Wildman–Crippen LogP) is 4.34. The maximum Gasteiger partial charge on any atom is 0.293 e. The summed E-state index contributed by atoms with van der Waals surface area (Å²) in [7, 11) is 3.74. The molecule has 2 heterocycles. The zero-order chi connectivity index (χ0) is 17.3. The molecule has 2 aromatic rings. The van der Waals surface area contributed by atoms with Gasteiger partial charge in [-0.3, -0.25) is 14.5 Å². The third kappa shape index (κ3) is 3.42. The van der Waals surface area contributed by atoms with Gasteiger partial charge in [0.2, 0.25) is 0 Å². The van der Waals surface area contributed by atoms with E-state index in [1.807, 2.05) is 49.3 Å². The van der Waals surface area contributed by atoms with E-state index in [1.54, 1.807) is 12.1 Å². The number of anilines is 1. The molecule has 1 aliphatic heterocycles. The van der Waals surface area contributed by atoms with Gasteiger partial charge in [-0.25, -0.2) is 0 Å². The highest BCUT2D eigenvalue weighted by molar-refractivity contribution is 9.10. The first-order valence-electron chi connectivity index (χ1n) is 7.21. The topological polar surface area (TPSA) is 53.8 Å². The Labute approximate surface area is 152 Å². The van der Waals surface area contributed by atoms with Crippen molar-refractivity contribution >= 4 is 50.8 Å². The van der Waals surface area contributed by atoms with Gasteiger partial charge in [-0.2, -0.15) is 0 Å². The van der Waals surface area contributed by atoms with Crippen molar-refractivity contribution in [1.82, 2.24) is 4.90 Å². The number of hydrogen-bond donors (Lipinski definition) is 0. The number of carbonyl (C=O) groups excluding carboxylic acids is 2. The highest BCUT2D eigenvalue weighted by Gasteiger charge is 2.35. The number of halogens is 1. The van der Waals surface area contributed by atoms with Crippen molar-refractivity contribution in [1.29, 1.82) is 0 Å². The second kappa shape index (κ2) is 6.86. The number of imide groups is 1. The van der Waals surface area contributed by atoms with E-state index in [4.69, 9.17) is 4.42 Å². The van der Waals surface area contributed by atoms with Crippen LogP contribution in [-0.4, -0.2) is 30.1 Å². The predicted molar refractivity (Wildman–Crippen MR) is 98.7 cm³/mol. The molecule has 24 heavy (non-hydrogen) atoms. The lowest BCUT2D eigenvalue weighted by Gasteiger charge is -2.13. The second-order valence-corrected chi connectivity index (χ2v) is 7.28. The van der Waals surface area contributed by atoms with Crippen LogP contribution in [0.2, 0.25) is 0 Å². The van der Waals surface area contributed by atoms with Crippen molar-refractivity contribution in [3.05, 3.63) is 57.1 Å². The Balaban J connectivity index is 1.80. The van der Waals surface area contributed by atoms with Gasteiger partial charge in [0.1, 0.15) is 5.76 Å². The Morgan fingerprint density at radius 3 is 2.62 bits per heavy atom. The maximum absolute atomic E-state index is 12.5. The molecule has 1 aromatic heterocycles. The minimum atomic E-state index is -0.302. The smallest absolute Gasteiger partial charge is 0.293 e. The Morgan fingerprint density at radius 1 is 1.21 bits per heavy atom. The monoisotopic (exact) mass is 406 g/mol. The van der Waals surface area contributed by atoms with Crippen LogP contribution in [0.15, 0.2) is 50.2 Å². The molecule has 0 aliphatic carbocycles. The van der Waals surface area contributed by atoms with Gasteiger partial charge in [0.15, 0.2) is 5.88 Å². The summed E-state index contributed by atoms with van der Waals surface area (Å²) < 4.78 is 6.48. The first-order chi connectivity index (χ1) is 11.5. The lowest BCUT2D eigenvalue weighted by Crippen LogP contribution is -2.27.